The number of hydrogen-bond acceptors (Lipinski definition) is 5. The standard InChI is InChI=1S/C21H14ClN3OS2/c22-15-8-6-13(7-9-15)16-11-27-20(23-16)17-12-28-21(24-17)25-18(10-19(25)26)14-4-2-1-3-5-14/h1-9,11-12,18H,10H2. The van der Waals surface area contributed by atoms with E-state index in [-0.39, 0.29) is 11.9 Å². The second kappa shape index (κ2) is 7.13. The lowest BCUT2D eigenvalue weighted by atomic mass is 9.95. The number of thiazole rings is 2. The number of aromatic nitrogens is 2. The summed E-state index contributed by atoms with van der Waals surface area (Å²) < 4.78 is 0. The summed E-state index contributed by atoms with van der Waals surface area (Å²) >= 11 is 8.99. The Morgan fingerprint density at radius 2 is 1.68 bits per heavy atom. The number of β-lactam (4-membered cyclic amide) rings is 1. The van der Waals surface area contributed by atoms with Gasteiger partial charge in [0.2, 0.25) is 5.91 Å². The van der Waals surface area contributed by atoms with Gasteiger partial charge in [0, 0.05) is 21.3 Å². The van der Waals surface area contributed by atoms with Crippen LogP contribution in [0.3, 0.4) is 0 Å². The predicted octanol–water partition coefficient (Wildman–Crippen LogP) is 6.07. The van der Waals surface area contributed by atoms with E-state index < -0.39 is 0 Å². The van der Waals surface area contributed by atoms with Crippen molar-refractivity contribution in [2.24, 2.45) is 0 Å². The number of carbonyl (C=O) groups excluding carboxylic acids is 1. The summed E-state index contributed by atoms with van der Waals surface area (Å²) in [4.78, 5) is 23.4. The molecule has 0 bridgehead atoms. The van der Waals surface area contributed by atoms with E-state index in [1.165, 1.54) is 11.3 Å². The van der Waals surface area contributed by atoms with Gasteiger partial charge in [0.05, 0.1) is 18.2 Å². The Kier molecular flexibility index (Phi) is 4.47. The van der Waals surface area contributed by atoms with Crippen LogP contribution in [0.5, 0.6) is 0 Å². The molecule has 0 N–H and O–H groups in total. The fourth-order valence-corrected chi connectivity index (χ4v) is 5.08. The highest BCUT2D eigenvalue weighted by Gasteiger charge is 2.40. The molecule has 3 heterocycles. The van der Waals surface area contributed by atoms with Crippen LogP contribution in [0.15, 0.2) is 65.4 Å². The number of amides is 1. The predicted molar refractivity (Wildman–Crippen MR) is 115 cm³/mol. The van der Waals surface area contributed by atoms with Crippen molar-refractivity contribution >= 4 is 45.3 Å². The van der Waals surface area contributed by atoms with E-state index in [2.05, 4.69) is 12.1 Å². The minimum absolute atomic E-state index is 0.0635. The summed E-state index contributed by atoms with van der Waals surface area (Å²) in [5, 5.41) is 6.25. The molecular weight excluding hydrogens is 410 g/mol. The SMILES string of the molecule is O=C1CC(c2ccccc2)N1c1nc(-c2nc(-c3ccc(Cl)cc3)cs2)cs1. The molecule has 1 atom stereocenters. The van der Waals surface area contributed by atoms with Gasteiger partial charge in [-0.3, -0.25) is 9.69 Å². The van der Waals surface area contributed by atoms with E-state index >= 15 is 0 Å². The Hall–Kier alpha value is -2.54. The highest BCUT2D eigenvalue weighted by atomic mass is 35.5. The zero-order chi connectivity index (χ0) is 19.1. The monoisotopic (exact) mass is 423 g/mol. The first-order chi connectivity index (χ1) is 13.7. The fourth-order valence-electron chi connectivity index (χ4n) is 3.22. The van der Waals surface area contributed by atoms with Crippen LogP contribution in [-0.2, 0) is 4.79 Å². The summed E-state index contributed by atoms with van der Waals surface area (Å²) in [6.45, 7) is 0. The van der Waals surface area contributed by atoms with Crippen LogP contribution in [0.2, 0.25) is 5.02 Å². The van der Waals surface area contributed by atoms with E-state index in [9.17, 15) is 4.79 Å². The summed E-state index contributed by atoms with van der Waals surface area (Å²) in [5.74, 6) is 0.107. The highest BCUT2D eigenvalue weighted by Crippen LogP contribution is 2.41. The minimum Gasteiger partial charge on any atom is -0.280 e. The number of benzene rings is 2. The second-order valence-electron chi connectivity index (χ2n) is 6.45. The Morgan fingerprint density at radius 3 is 2.43 bits per heavy atom. The molecule has 1 aliphatic heterocycles. The average Bonchev–Trinajstić information content (AvgIpc) is 3.37. The molecule has 0 saturated carbocycles. The fraction of sp³-hybridized carbons (Fsp3) is 0.0952. The van der Waals surface area contributed by atoms with Crippen molar-refractivity contribution in [3.63, 3.8) is 0 Å². The van der Waals surface area contributed by atoms with Crippen LogP contribution in [0, 0.1) is 0 Å². The van der Waals surface area contributed by atoms with Gasteiger partial charge in [-0.25, -0.2) is 9.97 Å². The summed E-state index contributed by atoms with van der Waals surface area (Å²) in [6.07, 6.45) is 0.525. The lowest BCUT2D eigenvalue weighted by molar-refractivity contribution is -0.124. The van der Waals surface area contributed by atoms with Crippen LogP contribution in [0.4, 0.5) is 5.13 Å². The van der Waals surface area contributed by atoms with Gasteiger partial charge >= 0.3 is 0 Å². The number of rotatable bonds is 4. The molecule has 0 aliphatic carbocycles. The maximum absolute atomic E-state index is 12.2. The lowest BCUT2D eigenvalue weighted by Crippen LogP contribution is -2.46. The Labute approximate surface area is 175 Å². The van der Waals surface area contributed by atoms with E-state index in [4.69, 9.17) is 21.6 Å². The number of carbonyl (C=O) groups is 1. The molecule has 0 spiro atoms. The molecule has 2 aromatic heterocycles. The van der Waals surface area contributed by atoms with Crippen LogP contribution in [0.25, 0.3) is 22.0 Å². The van der Waals surface area contributed by atoms with Crippen molar-refractivity contribution in [1.29, 1.82) is 0 Å². The molecule has 28 heavy (non-hydrogen) atoms. The largest absolute Gasteiger partial charge is 0.280 e. The quantitative estimate of drug-likeness (QED) is 0.374. The number of hydrogen-bond donors (Lipinski definition) is 0. The topological polar surface area (TPSA) is 46.1 Å². The molecule has 138 valence electrons. The van der Waals surface area contributed by atoms with E-state index in [0.717, 1.165) is 32.7 Å². The van der Waals surface area contributed by atoms with E-state index in [1.54, 1.807) is 16.2 Å². The molecule has 7 heteroatoms. The first-order valence-electron chi connectivity index (χ1n) is 8.73. The smallest absolute Gasteiger partial charge is 0.231 e. The highest BCUT2D eigenvalue weighted by molar-refractivity contribution is 7.16. The molecule has 1 unspecified atom stereocenters. The Bertz CT molecular complexity index is 1140. The molecular formula is C21H14ClN3OS2. The molecule has 1 fully saturated rings. The zero-order valence-corrected chi connectivity index (χ0v) is 17.0. The molecule has 1 aliphatic rings. The lowest BCUT2D eigenvalue weighted by Gasteiger charge is -2.38. The van der Waals surface area contributed by atoms with Crippen molar-refractivity contribution < 1.29 is 4.79 Å². The minimum atomic E-state index is 0.0635. The van der Waals surface area contributed by atoms with Crippen molar-refractivity contribution in [1.82, 2.24) is 9.97 Å². The maximum Gasteiger partial charge on any atom is 0.231 e. The summed E-state index contributed by atoms with van der Waals surface area (Å²) in [6, 6.07) is 17.8. The van der Waals surface area contributed by atoms with Crippen molar-refractivity contribution in [3.05, 3.63) is 75.9 Å². The molecule has 0 radical (unpaired) electrons. The Morgan fingerprint density at radius 1 is 0.929 bits per heavy atom. The first kappa shape index (κ1) is 17.6. The summed E-state index contributed by atoms with van der Waals surface area (Å²) in [5.41, 5.74) is 3.85. The molecule has 1 saturated heterocycles. The molecule has 4 nitrogen and oxygen atoms in total. The van der Waals surface area contributed by atoms with Gasteiger partial charge in [0.1, 0.15) is 10.7 Å². The summed E-state index contributed by atoms with van der Waals surface area (Å²) in [7, 11) is 0. The van der Waals surface area contributed by atoms with Gasteiger partial charge in [0.15, 0.2) is 5.13 Å². The van der Waals surface area contributed by atoms with Gasteiger partial charge in [-0.1, -0.05) is 54.1 Å². The maximum atomic E-state index is 12.2. The number of anilines is 1. The van der Waals surface area contributed by atoms with E-state index in [0.29, 0.717) is 11.4 Å². The third kappa shape index (κ3) is 3.13. The third-order valence-corrected chi connectivity index (χ3v) is 6.65. The van der Waals surface area contributed by atoms with Crippen molar-refractivity contribution in [3.8, 4) is 22.0 Å². The average molecular weight is 424 g/mol. The van der Waals surface area contributed by atoms with Crippen LogP contribution < -0.4 is 4.90 Å². The number of nitrogens with zero attached hydrogens (tertiary/aromatic N) is 3. The Balaban J connectivity index is 1.41. The molecule has 1 amide bonds. The second-order valence-corrected chi connectivity index (χ2v) is 8.59. The van der Waals surface area contributed by atoms with Gasteiger partial charge in [-0.15, -0.1) is 22.7 Å². The van der Waals surface area contributed by atoms with Gasteiger partial charge < -0.3 is 0 Å². The number of halogens is 1. The van der Waals surface area contributed by atoms with E-state index in [1.807, 2.05) is 53.2 Å². The third-order valence-electron chi connectivity index (χ3n) is 4.69. The van der Waals surface area contributed by atoms with Crippen LogP contribution in [0.1, 0.15) is 18.0 Å². The molecule has 5 rings (SSSR count). The van der Waals surface area contributed by atoms with Crippen molar-refractivity contribution in [2.45, 2.75) is 12.5 Å². The van der Waals surface area contributed by atoms with Gasteiger partial charge in [0.25, 0.3) is 0 Å². The van der Waals surface area contributed by atoms with Crippen LogP contribution >= 0.6 is 34.3 Å². The first-order valence-corrected chi connectivity index (χ1v) is 10.9. The molecule has 4 aromatic rings. The molecule has 2 aromatic carbocycles. The van der Waals surface area contributed by atoms with Crippen LogP contribution in [-0.4, -0.2) is 15.9 Å². The van der Waals surface area contributed by atoms with Gasteiger partial charge in [-0.05, 0) is 17.7 Å². The normalized spacial score (nSPS) is 16.2. The van der Waals surface area contributed by atoms with Crippen molar-refractivity contribution in [2.75, 3.05) is 4.90 Å². The van der Waals surface area contributed by atoms with Gasteiger partial charge in [-0.2, -0.15) is 0 Å². The zero-order valence-electron chi connectivity index (χ0n) is 14.6.